The number of carbonyl (C=O) groups is 1. The molecule has 0 heterocycles. The molecule has 0 aliphatic heterocycles. The van der Waals surface area contributed by atoms with Gasteiger partial charge in [0, 0.05) is 16.3 Å². The first kappa shape index (κ1) is 13.2. The van der Waals surface area contributed by atoms with E-state index in [1.807, 2.05) is 18.2 Å². The molecular weight excluding hydrogens is 244 g/mol. The minimum atomic E-state index is -0.366. The lowest BCUT2D eigenvalue weighted by Crippen LogP contribution is -2.08. The molecule has 0 spiro atoms. The number of hydrogen-bond acceptors (Lipinski definition) is 4. The summed E-state index contributed by atoms with van der Waals surface area (Å²) in [4.78, 5) is 11.5. The number of methoxy groups -OCH3 is 1. The number of phenolic OH excluding ortho intramolecular Hbond substituents is 1. The number of carbonyl (C=O) groups excluding carboxylic acids is 1. The van der Waals surface area contributed by atoms with Crippen LogP contribution in [0.25, 0.3) is 10.8 Å². The van der Waals surface area contributed by atoms with Gasteiger partial charge in [0.2, 0.25) is 0 Å². The Morgan fingerprint density at radius 2 is 1.95 bits per heavy atom. The van der Waals surface area contributed by atoms with Gasteiger partial charge < -0.3 is 14.6 Å². The molecule has 1 N–H and O–H groups in total. The molecule has 0 fully saturated rings. The van der Waals surface area contributed by atoms with E-state index in [4.69, 9.17) is 9.47 Å². The van der Waals surface area contributed by atoms with Crippen molar-refractivity contribution in [3.63, 3.8) is 0 Å². The van der Waals surface area contributed by atoms with E-state index >= 15 is 0 Å². The molecule has 0 atom stereocenters. The van der Waals surface area contributed by atoms with Crippen molar-refractivity contribution in [2.24, 2.45) is 0 Å². The van der Waals surface area contributed by atoms with Crippen molar-refractivity contribution in [1.82, 2.24) is 0 Å². The van der Waals surface area contributed by atoms with Crippen molar-refractivity contribution < 1.29 is 19.4 Å². The van der Waals surface area contributed by atoms with E-state index in [9.17, 15) is 9.90 Å². The molecule has 0 aliphatic carbocycles. The highest BCUT2D eigenvalue weighted by Gasteiger charge is 2.14. The standard InChI is InChI=1S/C15H16O4/c1-3-19-14(16)9-10-8-13(18-2)11-6-4-5-7-12(11)15(10)17/h4-8,17H,3,9H2,1-2H3. The number of fused-ring (bicyclic) bond motifs is 1. The van der Waals surface area contributed by atoms with Crippen molar-refractivity contribution in [1.29, 1.82) is 0 Å². The van der Waals surface area contributed by atoms with Crippen LogP contribution in [0.15, 0.2) is 30.3 Å². The van der Waals surface area contributed by atoms with Crippen molar-refractivity contribution >= 4 is 16.7 Å². The molecule has 100 valence electrons. The highest BCUT2D eigenvalue weighted by atomic mass is 16.5. The summed E-state index contributed by atoms with van der Waals surface area (Å²) in [6.45, 7) is 2.07. The highest BCUT2D eigenvalue weighted by Crippen LogP contribution is 2.36. The van der Waals surface area contributed by atoms with Crippen LogP contribution in [0.5, 0.6) is 11.5 Å². The Hall–Kier alpha value is -2.23. The lowest BCUT2D eigenvalue weighted by molar-refractivity contribution is -0.142. The molecule has 0 unspecified atom stereocenters. The van der Waals surface area contributed by atoms with Gasteiger partial charge in [-0.25, -0.2) is 0 Å². The SMILES string of the molecule is CCOC(=O)Cc1cc(OC)c2ccccc2c1O. The summed E-state index contributed by atoms with van der Waals surface area (Å²) in [7, 11) is 1.56. The highest BCUT2D eigenvalue weighted by molar-refractivity contribution is 5.95. The molecule has 2 aromatic carbocycles. The Morgan fingerprint density at radius 3 is 2.58 bits per heavy atom. The lowest BCUT2D eigenvalue weighted by atomic mass is 10.0. The molecule has 0 saturated carbocycles. The summed E-state index contributed by atoms with van der Waals surface area (Å²) in [6, 6.07) is 9.03. The van der Waals surface area contributed by atoms with Crippen LogP contribution in [-0.4, -0.2) is 24.8 Å². The van der Waals surface area contributed by atoms with E-state index in [1.165, 1.54) is 0 Å². The molecule has 0 saturated heterocycles. The average Bonchev–Trinajstić information content (AvgIpc) is 2.42. The Morgan fingerprint density at radius 1 is 1.26 bits per heavy atom. The van der Waals surface area contributed by atoms with Gasteiger partial charge in [-0.3, -0.25) is 4.79 Å². The molecule has 0 bridgehead atoms. The van der Waals surface area contributed by atoms with Crippen LogP contribution < -0.4 is 4.74 Å². The second-order valence-corrected chi connectivity index (χ2v) is 4.11. The Kier molecular flexibility index (Phi) is 3.90. The first-order chi connectivity index (χ1) is 9.17. The van der Waals surface area contributed by atoms with Crippen molar-refractivity contribution in [3.05, 3.63) is 35.9 Å². The zero-order valence-electron chi connectivity index (χ0n) is 11.0. The second kappa shape index (κ2) is 5.61. The molecule has 0 aromatic heterocycles. The Labute approximate surface area is 111 Å². The largest absolute Gasteiger partial charge is 0.507 e. The first-order valence-electron chi connectivity index (χ1n) is 6.10. The fourth-order valence-corrected chi connectivity index (χ4v) is 2.05. The summed E-state index contributed by atoms with van der Waals surface area (Å²) in [6.07, 6.45) is 0.0286. The average molecular weight is 260 g/mol. The van der Waals surface area contributed by atoms with Crippen LogP contribution in [0.2, 0.25) is 0 Å². The van der Waals surface area contributed by atoms with Gasteiger partial charge in [0.25, 0.3) is 0 Å². The van der Waals surface area contributed by atoms with E-state index in [1.54, 1.807) is 26.2 Å². The number of rotatable bonds is 4. The van der Waals surface area contributed by atoms with E-state index in [2.05, 4.69) is 0 Å². The number of aromatic hydroxyl groups is 1. The minimum absolute atomic E-state index is 0.0286. The maximum absolute atomic E-state index is 11.5. The second-order valence-electron chi connectivity index (χ2n) is 4.11. The molecule has 4 heteroatoms. The molecule has 0 aliphatic rings. The number of ether oxygens (including phenoxy) is 2. The van der Waals surface area contributed by atoms with Gasteiger partial charge >= 0.3 is 5.97 Å². The van der Waals surface area contributed by atoms with Crippen molar-refractivity contribution in [2.75, 3.05) is 13.7 Å². The smallest absolute Gasteiger partial charge is 0.310 e. The van der Waals surface area contributed by atoms with Gasteiger partial charge in [-0.2, -0.15) is 0 Å². The third-order valence-corrected chi connectivity index (χ3v) is 2.92. The normalized spacial score (nSPS) is 10.4. The third kappa shape index (κ3) is 2.62. The third-order valence-electron chi connectivity index (χ3n) is 2.92. The van der Waals surface area contributed by atoms with Gasteiger partial charge in [0.15, 0.2) is 0 Å². The van der Waals surface area contributed by atoms with Crippen LogP contribution in [-0.2, 0) is 16.0 Å². The first-order valence-corrected chi connectivity index (χ1v) is 6.10. The molecule has 2 rings (SSSR count). The lowest BCUT2D eigenvalue weighted by Gasteiger charge is -2.11. The van der Waals surface area contributed by atoms with E-state index in [0.29, 0.717) is 23.3 Å². The number of phenols is 1. The van der Waals surface area contributed by atoms with Crippen LogP contribution in [0, 0.1) is 0 Å². The summed E-state index contributed by atoms with van der Waals surface area (Å²) in [5.74, 6) is 0.368. The summed E-state index contributed by atoms with van der Waals surface area (Å²) < 4.78 is 10.2. The van der Waals surface area contributed by atoms with Crippen LogP contribution in [0.1, 0.15) is 12.5 Å². The number of hydrogen-bond donors (Lipinski definition) is 1. The van der Waals surface area contributed by atoms with E-state index < -0.39 is 0 Å². The number of benzene rings is 2. The molecule has 4 nitrogen and oxygen atoms in total. The van der Waals surface area contributed by atoms with Crippen molar-refractivity contribution in [2.45, 2.75) is 13.3 Å². The maximum Gasteiger partial charge on any atom is 0.310 e. The molecule has 0 amide bonds. The van der Waals surface area contributed by atoms with E-state index in [-0.39, 0.29) is 18.1 Å². The van der Waals surface area contributed by atoms with Gasteiger partial charge in [0.1, 0.15) is 11.5 Å². The van der Waals surface area contributed by atoms with Gasteiger partial charge in [-0.15, -0.1) is 0 Å². The van der Waals surface area contributed by atoms with E-state index in [0.717, 1.165) is 5.39 Å². The Balaban J connectivity index is 2.50. The summed E-state index contributed by atoms with van der Waals surface area (Å²) in [5, 5.41) is 11.7. The zero-order chi connectivity index (χ0) is 13.8. The minimum Gasteiger partial charge on any atom is -0.507 e. The Bertz CT molecular complexity index is 604. The fraction of sp³-hybridized carbons (Fsp3) is 0.267. The fourth-order valence-electron chi connectivity index (χ4n) is 2.05. The predicted molar refractivity (Wildman–Crippen MR) is 72.5 cm³/mol. The van der Waals surface area contributed by atoms with Crippen LogP contribution >= 0.6 is 0 Å². The molecule has 19 heavy (non-hydrogen) atoms. The predicted octanol–water partition coefficient (Wildman–Crippen LogP) is 2.66. The molecule has 2 aromatic rings. The van der Waals surface area contributed by atoms with Gasteiger partial charge in [-0.1, -0.05) is 24.3 Å². The van der Waals surface area contributed by atoms with Gasteiger partial charge in [-0.05, 0) is 13.0 Å². The van der Waals surface area contributed by atoms with Crippen molar-refractivity contribution in [3.8, 4) is 11.5 Å². The zero-order valence-corrected chi connectivity index (χ0v) is 11.0. The monoisotopic (exact) mass is 260 g/mol. The summed E-state index contributed by atoms with van der Waals surface area (Å²) >= 11 is 0. The van der Waals surface area contributed by atoms with Crippen LogP contribution in [0.4, 0.5) is 0 Å². The number of esters is 1. The van der Waals surface area contributed by atoms with Crippen LogP contribution in [0.3, 0.4) is 0 Å². The van der Waals surface area contributed by atoms with Gasteiger partial charge in [0.05, 0.1) is 20.1 Å². The molecular formula is C15H16O4. The topological polar surface area (TPSA) is 55.8 Å². The summed E-state index contributed by atoms with van der Waals surface area (Å²) in [5.41, 5.74) is 0.508. The maximum atomic E-state index is 11.5. The molecule has 0 radical (unpaired) electrons. The quantitative estimate of drug-likeness (QED) is 0.859.